The Balaban J connectivity index is 1.67. The highest BCUT2D eigenvalue weighted by Gasteiger charge is 2.21. The average Bonchev–Trinajstić information content (AvgIpc) is 2.82. The summed E-state index contributed by atoms with van der Waals surface area (Å²) in [4.78, 5) is 24.9. The van der Waals surface area contributed by atoms with Gasteiger partial charge in [-0.05, 0) is 31.4 Å². The third-order valence-corrected chi connectivity index (χ3v) is 4.70. The predicted octanol–water partition coefficient (Wildman–Crippen LogP) is 1.01. The highest BCUT2D eigenvalue weighted by molar-refractivity contribution is 8.00. The van der Waals surface area contributed by atoms with Crippen molar-refractivity contribution in [2.75, 3.05) is 25.4 Å². The number of nitrogens with zero attached hydrogens (tertiary/aromatic N) is 1. The van der Waals surface area contributed by atoms with E-state index in [4.69, 9.17) is 0 Å². The van der Waals surface area contributed by atoms with Crippen molar-refractivity contribution in [1.82, 2.24) is 10.2 Å². The lowest BCUT2D eigenvalue weighted by atomic mass is 10.1. The lowest BCUT2D eigenvalue weighted by Crippen LogP contribution is -2.44. The van der Waals surface area contributed by atoms with Crippen LogP contribution in [0.4, 0.5) is 0 Å². The lowest BCUT2D eigenvalue weighted by Gasteiger charge is -2.26. The fourth-order valence-corrected chi connectivity index (χ4v) is 3.49. The quantitative estimate of drug-likeness (QED) is 0.816. The number of rotatable bonds is 4. The van der Waals surface area contributed by atoms with Crippen molar-refractivity contribution in [2.45, 2.75) is 37.4 Å². The van der Waals surface area contributed by atoms with Gasteiger partial charge in [0.05, 0.1) is 6.54 Å². The Morgan fingerprint density at radius 3 is 3.00 bits per heavy atom. The molecule has 2 fully saturated rings. The van der Waals surface area contributed by atoms with Crippen LogP contribution in [0.15, 0.2) is 0 Å². The van der Waals surface area contributed by atoms with Gasteiger partial charge in [-0.25, -0.2) is 0 Å². The highest BCUT2D eigenvalue weighted by Crippen LogP contribution is 2.25. The molecule has 0 radical (unpaired) electrons. The summed E-state index contributed by atoms with van der Waals surface area (Å²) in [5.41, 5.74) is 0. The molecule has 2 aliphatic rings. The maximum atomic E-state index is 11.7. The van der Waals surface area contributed by atoms with Crippen LogP contribution in [0.5, 0.6) is 0 Å². The minimum Gasteiger partial charge on any atom is -0.353 e. The minimum atomic E-state index is -0.00671. The van der Waals surface area contributed by atoms with Crippen LogP contribution >= 0.6 is 11.8 Å². The van der Waals surface area contributed by atoms with Gasteiger partial charge in [-0.2, -0.15) is 11.8 Å². The third kappa shape index (κ3) is 3.91. The molecule has 2 aliphatic heterocycles. The Morgan fingerprint density at radius 1 is 1.41 bits per heavy atom. The van der Waals surface area contributed by atoms with Crippen LogP contribution in [0.25, 0.3) is 0 Å². The fraction of sp³-hybridized carbons (Fsp3) is 0.833. The second kappa shape index (κ2) is 6.28. The van der Waals surface area contributed by atoms with Crippen LogP contribution in [0, 0.1) is 0 Å². The molecule has 2 saturated heterocycles. The number of hydrogen-bond acceptors (Lipinski definition) is 3. The van der Waals surface area contributed by atoms with Gasteiger partial charge in [0.15, 0.2) is 0 Å². The number of hydrogen-bond donors (Lipinski definition) is 1. The van der Waals surface area contributed by atoms with E-state index in [1.54, 1.807) is 4.90 Å². The largest absolute Gasteiger partial charge is 0.353 e. The molecular formula is C12H20N2O2S. The fourth-order valence-electron chi connectivity index (χ4n) is 2.29. The maximum Gasteiger partial charge on any atom is 0.239 e. The normalized spacial score (nSPS) is 25.1. The monoisotopic (exact) mass is 256 g/mol. The van der Waals surface area contributed by atoms with Gasteiger partial charge in [0.1, 0.15) is 0 Å². The number of amides is 2. The number of piperidine rings is 1. The first-order valence-electron chi connectivity index (χ1n) is 6.42. The van der Waals surface area contributed by atoms with Crippen molar-refractivity contribution >= 4 is 23.6 Å². The first kappa shape index (κ1) is 12.7. The summed E-state index contributed by atoms with van der Waals surface area (Å²) in [7, 11) is 0. The molecule has 0 unspecified atom stereocenters. The van der Waals surface area contributed by atoms with Gasteiger partial charge in [-0.15, -0.1) is 0 Å². The van der Waals surface area contributed by atoms with Crippen LogP contribution in [0.1, 0.15) is 32.1 Å². The van der Waals surface area contributed by atoms with Gasteiger partial charge >= 0.3 is 0 Å². The molecule has 1 N–H and O–H groups in total. The Bertz CT molecular complexity index is 290. The van der Waals surface area contributed by atoms with Crippen LogP contribution in [0.3, 0.4) is 0 Å². The molecular weight excluding hydrogens is 236 g/mol. The zero-order valence-corrected chi connectivity index (χ0v) is 10.9. The Kier molecular flexibility index (Phi) is 4.71. The smallest absolute Gasteiger partial charge is 0.239 e. The standard InChI is InChI=1S/C12H20N2O2S/c15-11(13-8-10-4-3-7-17-10)9-14-6-2-1-5-12(14)16/h10H,1-9H2,(H,13,15)/t10-/m1/s1. The first-order chi connectivity index (χ1) is 8.25. The van der Waals surface area contributed by atoms with Crippen LogP contribution in [0.2, 0.25) is 0 Å². The summed E-state index contributed by atoms with van der Waals surface area (Å²) in [5, 5.41) is 3.52. The van der Waals surface area contributed by atoms with Gasteiger partial charge in [-0.1, -0.05) is 0 Å². The molecule has 96 valence electrons. The molecule has 2 heterocycles. The molecule has 0 aromatic rings. The molecule has 17 heavy (non-hydrogen) atoms. The summed E-state index contributed by atoms with van der Waals surface area (Å²) < 4.78 is 0. The molecule has 2 amide bonds. The van der Waals surface area contributed by atoms with Crippen molar-refractivity contribution in [1.29, 1.82) is 0 Å². The van der Waals surface area contributed by atoms with E-state index in [9.17, 15) is 9.59 Å². The molecule has 5 heteroatoms. The van der Waals surface area contributed by atoms with E-state index < -0.39 is 0 Å². The summed E-state index contributed by atoms with van der Waals surface area (Å²) >= 11 is 1.94. The number of carbonyl (C=O) groups excluding carboxylic acids is 2. The molecule has 0 aliphatic carbocycles. The summed E-state index contributed by atoms with van der Waals surface area (Å²) in [5.74, 6) is 1.33. The second-order valence-electron chi connectivity index (χ2n) is 4.71. The first-order valence-corrected chi connectivity index (χ1v) is 7.46. The van der Waals surface area contributed by atoms with E-state index in [0.717, 1.165) is 25.9 Å². The summed E-state index contributed by atoms with van der Waals surface area (Å²) in [6.45, 7) is 1.74. The number of carbonyl (C=O) groups is 2. The molecule has 0 aromatic heterocycles. The van der Waals surface area contributed by atoms with Crippen LogP contribution in [-0.2, 0) is 9.59 Å². The lowest BCUT2D eigenvalue weighted by molar-refractivity contribution is -0.137. The third-order valence-electron chi connectivity index (χ3n) is 3.31. The molecule has 0 saturated carbocycles. The minimum absolute atomic E-state index is 0.00671. The Labute approximate surface area is 106 Å². The molecule has 0 bridgehead atoms. The van der Waals surface area contributed by atoms with E-state index in [1.165, 1.54) is 18.6 Å². The van der Waals surface area contributed by atoms with Crippen LogP contribution in [-0.4, -0.2) is 47.4 Å². The van der Waals surface area contributed by atoms with Crippen molar-refractivity contribution < 1.29 is 9.59 Å². The Morgan fingerprint density at radius 2 is 2.29 bits per heavy atom. The predicted molar refractivity (Wildman–Crippen MR) is 68.9 cm³/mol. The Hall–Kier alpha value is -0.710. The topological polar surface area (TPSA) is 49.4 Å². The summed E-state index contributed by atoms with van der Waals surface area (Å²) in [6.07, 6.45) is 5.06. The molecule has 4 nitrogen and oxygen atoms in total. The maximum absolute atomic E-state index is 11.7. The van der Waals surface area contributed by atoms with Gasteiger partial charge in [0.2, 0.25) is 11.8 Å². The number of nitrogens with one attached hydrogen (secondary N) is 1. The molecule has 1 atom stereocenters. The van der Waals surface area contributed by atoms with Gasteiger partial charge < -0.3 is 10.2 Å². The average molecular weight is 256 g/mol. The van der Waals surface area contributed by atoms with Gasteiger partial charge in [-0.3, -0.25) is 9.59 Å². The highest BCUT2D eigenvalue weighted by atomic mass is 32.2. The van der Waals surface area contributed by atoms with Crippen LogP contribution < -0.4 is 5.32 Å². The van der Waals surface area contributed by atoms with E-state index in [-0.39, 0.29) is 18.4 Å². The second-order valence-corrected chi connectivity index (χ2v) is 6.12. The zero-order valence-electron chi connectivity index (χ0n) is 10.1. The van der Waals surface area contributed by atoms with E-state index in [0.29, 0.717) is 11.7 Å². The van der Waals surface area contributed by atoms with Crippen molar-refractivity contribution in [2.24, 2.45) is 0 Å². The van der Waals surface area contributed by atoms with E-state index in [2.05, 4.69) is 5.32 Å². The molecule has 2 rings (SSSR count). The number of thioether (sulfide) groups is 1. The van der Waals surface area contributed by atoms with E-state index in [1.807, 2.05) is 11.8 Å². The van der Waals surface area contributed by atoms with Crippen molar-refractivity contribution in [3.05, 3.63) is 0 Å². The molecule has 0 spiro atoms. The summed E-state index contributed by atoms with van der Waals surface area (Å²) in [6, 6.07) is 0. The number of likely N-dealkylation sites (tertiary alicyclic amines) is 1. The van der Waals surface area contributed by atoms with Gasteiger partial charge in [0.25, 0.3) is 0 Å². The zero-order chi connectivity index (χ0) is 12.1. The van der Waals surface area contributed by atoms with Crippen molar-refractivity contribution in [3.8, 4) is 0 Å². The SMILES string of the molecule is O=C(CN1CCCCC1=O)NC[C@H]1CCCS1. The van der Waals surface area contributed by atoms with Gasteiger partial charge in [0, 0.05) is 24.8 Å². The van der Waals surface area contributed by atoms with Crippen molar-refractivity contribution in [3.63, 3.8) is 0 Å². The van der Waals surface area contributed by atoms with E-state index >= 15 is 0 Å². The molecule has 0 aromatic carbocycles.